The average Bonchev–Trinajstić information content (AvgIpc) is 2.65. The van der Waals surface area contributed by atoms with E-state index in [0.29, 0.717) is 53.4 Å². The Labute approximate surface area is 165 Å². The number of hydrogen-bond donors (Lipinski definition) is 0. The number of anilines is 1. The number of nitro groups is 1. The Kier molecular flexibility index (Phi) is 6.03. The van der Waals surface area contributed by atoms with Gasteiger partial charge in [-0.15, -0.1) is 0 Å². The molecular formula is C18H16Cl2N2O5. The standard InChI is InChI=1S/C18H16Cl2N2O5/c19-12-3-5-16(14(20)10-12)26-8-1-2-18(23)21-7-9-27-17-6-4-13(22(24)25)11-15(17)21/h3-6,10-11H,1-2,7-9H2. The molecule has 0 N–H and O–H groups in total. The molecule has 3 rings (SSSR count). The van der Waals surface area contributed by atoms with Crippen molar-refractivity contribution < 1.29 is 19.2 Å². The summed E-state index contributed by atoms with van der Waals surface area (Å²) >= 11 is 11.9. The Hall–Kier alpha value is -2.51. The van der Waals surface area contributed by atoms with Crippen molar-refractivity contribution >= 4 is 40.5 Å². The number of non-ortho nitro benzene ring substituents is 1. The smallest absolute Gasteiger partial charge is 0.271 e. The third-order valence-electron chi connectivity index (χ3n) is 4.00. The summed E-state index contributed by atoms with van der Waals surface area (Å²) in [7, 11) is 0. The first-order valence-electron chi connectivity index (χ1n) is 8.25. The van der Waals surface area contributed by atoms with Crippen molar-refractivity contribution in [2.75, 3.05) is 24.7 Å². The molecule has 9 heteroatoms. The van der Waals surface area contributed by atoms with E-state index in [2.05, 4.69) is 0 Å². The normalized spacial score (nSPS) is 12.9. The van der Waals surface area contributed by atoms with Crippen molar-refractivity contribution in [1.82, 2.24) is 0 Å². The van der Waals surface area contributed by atoms with Crippen LogP contribution in [-0.2, 0) is 4.79 Å². The van der Waals surface area contributed by atoms with E-state index in [9.17, 15) is 14.9 Å². The van der Waals surface area contributed by atoms with Gasteiger partial charge in [0, 0.05) is 23.6 Å². The van der Waals surface area contributed by atoms with Crippen LogP contribution in [0.5, 0.6) is 11.5 Å². The quantitative estimate of drug-likeness (QED) is 0.398. The van der Waals surface area contributed by atoms with Gasteiger partial charge in [-0.25, -0.2) is 0 Å². The van der Waals surface area contributed by atoms with Gasteiger partial charge in [0.15, 0.2) is 0 Å². The van der Waals surface area contributed by atoms with E-state index < -0.39 is 4.92 Å². The fourth-order valence-electron chi connectivity index (χ4n) is 2.71. The SMILES string of the molecule is O=C(CCCOc1ccc(Cl)cc1Cl)N1CCOc2ccc([N+](=O)[O-])cc21. The van der Waals surface area contributed by atoms with Crippen molar-refractivity contribution in [3.63, 3.8) is 0 Å². The van der Waals surface area contributed by atoms with E-state index in [0.717, 1.165) is 0 Å². The summed E-state index contributed by atoms with van der Waals surface area (Å²) < 4.78 is 11.1. The van der Waals surface area contributed by atoms with Crippen LogP contribution >= 0.6 is 23.2 Å². The molecule has 0 saturated heterocycles. The summed E-state index contributed by atoms with van der Waals surface area (Å²) in [6, 6.07) is 9.15. The van der Waals surface area contributed by atoms with Gasteiger partial charge in [0.25, 0.3) is 5.69 Å². The number of amides is 1. The lowest BCUT2D eigenvalue weighted by atomic mass is 10.2. The van der Waals surface area contributed by atoms with E-state index >= 15 is 0 Å². The summed E-state index contributed by atoms with van der Waals surface area (Å²) in [6.07, 6.45) is 0.701. The summed E-state index contributed by atoms with van der Waals surface area (Å²) in [5.41, 5.74) is 0.333. The molecule has 1 amide bonds. The van der Waals surface area contributed by atoms with Gasteiger partial charge in [0.2, 0.25) is 5.91 Å². The molecule has 27 heavy (non-hydrogen) atoms. The minimum absolute atomic E-state index is 0.0854. The molecule has 0 aliphatic carbocycles. The van der Waals surface area contributed by atoms with Crippen LogP contribution in [0.15, 0.2) is 36.4 Å². The third kappa shape index (κ3) is 4.61. The lowest BCUT2D eigenvalue weighted by Crippen LogP contribution is -2.38. The molecule has 0 aromatic heterocycles. The van der Waals surface area contributed by atoms with Crippen LogP contribution in [-0.4, -0.2) is 30.6 Å². The van der Waals surface area contributed by atoms with E-state index in [1.165, 1.54) is 23.1 Å². The Morgan fingerprint density at radius 3 is 2.81 bits per heavy atom. The highest BCUT2D eigenvalue weighted by atomic mass is 35.5. The zero-order valence-corrected chi connectivity index (χ0v) is 15.7. The Morgan fingerprint density at radius 2 is 2.07 bits per heavy atom. The lowest BCUT2D eigenvalue weighted by Gasteiger charge is -2.29. The zero-order valence-electron chi connectivity index (χ0n) is 14.2. The highest BCUT2D eigenvalue weighted by Gasteiger charge is 2.25. The maximum atomic E-state index is 12.6. The molecule has 0 bridgehead atoms. The van der Waals surface area contributed by atoms with Gasteiger partial charge in [-0.1, -0.05) is 23.2 Å². The van der Waals surface area contributed by atoms with Crippen LogP contribution in [0.3, 0.4) is 0 Å². The van der Waals surface area contributed by atoms with Gasteiger partial charge in [0.1, 0.15) is 18.1 Å². The first kappa shape index (κ1) is 19.3. The average molecular weight is 411 g/mol. The Bertz CT molecular complexity index is 875. The minimum atomic E-state index is -0.499. The monoisotopic (exact) mass is 410 g/mol. The zero-order chi connectivity index (χ0) is 19.4. The molecular weight excluding hydrogens is 395 g/mol. The summed E-state index contributed by atoms with van der Waals surface area (Å²) in [6.45, 7) is 0.990. The van der Waals surface area contributed by atoms with Crippen LogP contribution in [0.2, 0.25) is 10.0 Å². The molecule has 1 aliphatic rings. The second kappa shape index (κ2) is 8.45. The summed E-state index contributed by atoms with van der Waals surface area (Å²) in [5.74, 6) is 0.816. The highest BCUT2D eigenvalue weighted by Crippen LogP contribution is 2.35. The summed E-state index contributed by atoms with van der Waals surface area (Å²) in [5, 5.41) is 11.9. The molecule has 0 atom stereocenters. The number of ether oxygens (including phenoxy) is 2. The molecule has 1 aliphatic heterocycles. The Balaban J connectivity index is 1.59. The van der Waals surface area contributed by atoms with Crippen LogP contribution < -0.4 is 14.4 Å². The first-order chi connectivity index (χ1) is 13.0. The fraction of sp³-hybridized carbons (Fsp3) is 0.278. The molecule has 0 saturated carbocycles. The fourth-order valence-corrected chi connectivity index (χ4v) is 3.17. The number of carbonyl (C=O) groups excluding carboxylic acids is 1. The van der Waals surface area contributed by atoms with Crippen LogP contribution in [0.1, 0.15) is 12.8 Å². The van der Waals surface area contributed by atoms with Crippen molar-refractivity contribution in [2.45, 2.75) is 12.8 Å². The van der Waals surface area contributed by atoms with Gasteiger partial charge in [0.05, 0.1) is 28.8 Å². The first-order valence-corrected chi connectivity index (χ1v) is 9.01. The second-order valence-electron chi connectivity index (χ2n) is 5.83. The van der Waals surface area contributed by atoms with E-state index in [1.54, 1.807) is 18.2 Å². The third-order valence-corrected chi connectivity index (χ3v) is 4.53. The molecule has 0 fully saturated rings. The Morgan fingerprint density at radius 1 is 1.26 bits per heavy atom. The number of nitrogens with zero attached hydrogens (tertiary/aromatic N) is 2. The lowest BCUT2D eigenvalue weighted by molar-refractivity contribution is -0.384. The topological polar surface area (TPSA) is 81.9 Å². The van der Waals surface area contributed by atoms with Gasteiger partial charge in [-0.05, 0) is 30.7 Å². The van der Waals surface area contributed by atoms with Gasteiger partial charge < -0.3 is 14.4 Å². The predicted octanol–water partition coefficient (Wildman–Crippen LogP) is 4.49. The second-order valence-corrected chi connectivity index (χ2v) is 6.67. The number of fused-ring (bicyclic) bond motifs is 1. The highest BCUT2D eigenvalue weighted by molar-refractivity contribution is 6.35. The molecule has 2 aromatic rings. The minimum Gasteiger partial charge on any atom is -0.492 e. The van der Waals surface area contributed by atoms with Gasteiger partial charge in [-0.2, -0.15) is 0 Å². The summed E-state index contributed by atoms with van der Waals surface area (Å²) in [4.78, 5) is 24.6. The molecule has 2 aromatic carbocycles. The molecule has 142 valence electrons. The number of halogens is 2. The van der Waals surface area contributed by atoms with Crippen molar-refractivity contribution in [1.29, 1.82) is 0 Å². The van der Waals surface area contributed by atoms with Crippen LogP contribution in [0.4, 0.5) is 11.4 Å². The number of nitro benzene ring substituents is 1. The van der Waals surface area contributed by atoms with Crippen molar-refractivity contribution in [2.24, 2.45) is 0 Å². The molecule has 1 heterocycles. The predicted molar refractivity (Wildman–Crippen MR) is 102 cm³/mol. The maximum absolute atomic E-state index is 12.6. The van der Waals surface area contributed by atoms with Crippen molar-refractivity contribution in [3.8, 4) is 11.5 Å². The largest absolute Gasteiger partial charge is 0.492 e. The number of benzene rings is 2. The number of carbonyl (C=O) groups is 1. The maximum Gasteiger partial charge on any atom is 0.271 e. The van der Waals surface area contributed by atoms with Crippen molar-refractivity contribution in [3.05, 3.63) is 56.6 Å². The molecule has 0 spiro atoms. The number of hydrogen-bond acceptors (Lipinski definition) is 5. The molecule has 7 nitrogen and oxygen atoms in total. The van der Waals surface area contributed by atoms with E-state index in [-0.39, 0.29) is 18.0 Å². The van der Waals surface area contributed by atoms with Gasteiger partial charge in [-0.3, -0.25) is 14.9 Å². The molecule has 0 radical (unpaired) electrons. The van der Waals surface area contributed by atoms with E-state index in [1.807, 2.05) is 0 Å². The van der Waals surface area contributed by atoms with Crippen LogP contribution in [0.25, 0.3) is 0 Å². The van der Waals surface area contributed by atoms with Gasteiger partial charge >= 0.3 is 0 Å². The van der Waals surface area contributed by atoms with Crippen LogP contribution in [0, 0.1) is 10.1 Å². The molecule has 0 unspecified atom stereocenters. The number of rotatable bonds is 6. The van der Waals surface area contributed by atoms with E-state index in [4.69, 9.17) is 32.7 Å².